The summed E-state index contributed by atoms with van der Waals surface area (Å²) in [6.07, 6.45) is 2.00. The zero-order valence-electron chi connectivity index (χ0n) is 11.4. The van der Waals surface area contributed by atoms with E-state index in [4.69, 9.17) is 23.2 Å². The highest BCUT2D eigenvalue weighted by Gasteiger charge is 2.37. The van der Waals surface area contributed by atoms with Crippen molar-refractivity contribution in [1.29, 1.82) is 0 Å². The lowest BCUT2D eigenvalue weighted by Gasteiger charge is -2.38. The third-order valence-electron chi connectivity index (χ3n) is 3.65. The molecule has 0 radical (unpaired) electrons. The van der Waals surface area contributed by atoms with Gasteiger partial charge in [-0.05, 0) is 36.9 Å². The molecule has 0 saturated carbocycles. The Labute approximate surface area is 127 Å². The zero-order chi connectivity index (χ0) is 14.9. The van der Waals surface area contributed by atoms with Crippen molar-refractivity contribution in [3.8, 4) is 0 Å². The highest BCUT2D eigenvalue weighted by Crippen LogP contribution is 2.34. The van der Waals surface area contributed by atoms with Gasteiger partial charge >= 0.3 is 0 Å². The van der Waals surface area contributed by atoms with Crippen LogP contribution < -0.4 is 10.6 Å². The van der Waals surface area contributed by atoms with Crippen LogP contribution in [0, 0.1) is 11.2 Å². The van der Waals surface area contributed by atoms with E-state index in [0.717, 1.165) is 31.5 Å². The molecule has 1 unspecified atom stereocenters. The number of hydrogen-bond acceptors (Lipinski definition) is 2. The predicted molar refractivity (Wildman–Crippen MR) is 79.9 cm³/mol. The summed E-state index contributed by atoms with van der Waals surface area (Å²) in [7, 11) is 0. The van der Waals surface area contributed by atoms with Gasteiger partial charge in [-0.15, -0.1) is 0 Å². The fourth-order valence-corrected chi connectivity index (χ4v) is 3.07. The van der Waals surface area contributed by atoms with Crippen LogP contribution in [0.1, 0.15) is 26.7 Å². The normalized spacial score (nSPS) is 21.6. The first-order valence-electron chi connectivity index (χ1n) is 6.50. The molecule has 20 heavy (non-hydrogen) atoms. The fraction of sp³-hybridized carbons (Fsp3) is 0.500. The van der Waals surface area contributed by atoms with E-state index in [-0.39, 0.29) is 33.1 Å². The standard InChI is InChI=1S/C14H17Cl2FN2O/c1-14(2)4-3-5-18-12(14)13(20)19-11-9(15)6-8(17)7-10(11)16/h6-7,12,18H,3-5H2,1-2H3,(H,19,20). The Morgan fingerprint density at radius 3 is 2.55 bits per heavy atom. The Balaban J connectivity index is 2.20. The number of carbonyl (C=O) groups excluding carboxylic acids is 1. The zero-order valence-corrected chi connectivity index (χ0v) is 12.9. The molecule has 3 nitrogen and oxygen atoms in total. The molecule has 1 aliphatic rings. The molecule has 1 aromatic rings. The lowest BCUT2D eigenvalue weighted by Crippen LogP contribution is -2.53. The average molecular weight is 319 g/mol. The van der Waals surface area contributed by atoms with Crippen LogP contribution >= 0.6 is 23.2 Å². The number of rotatable bonds is 2. The minimum atomic E-state index is -0.533. The van der Waals surface area contributed by atoms with E-state index in [9.17, 15) is 9.18 Å². The number of carbonyl (C=O) groups is 1. The third-order valence-corrected chi connectivity index (χ3v) is 4.24. The second-order valence-corrected chi connectivity index (χ2v) is 6.53. The molecule has 1 fully saturated rings. The summed E-state index contributed by atoms with van der Waals surface area (Å²) in [5, 5.41) is 6.10. The summed E-state index contributed by atoms with van der Waals surface area (Å²) in [5.74, 6) is -0.737. The number of halogens is 3. The van der Waals surface area contributed by atoms with Gasteiger partial charge in [0, 0.05) is 0 Å². The monoisotopic (exact) mass is 318 g/mol. The van der Waals surface area contributed by atoms with E-state index in [1.807, 2.05) is 13.8 Å². The Morgan fingerprint density at radius 2 is 2.00 bits per heavy atom. The van der Waals surface area contributed by atoms with Gasteiger partial charge in [0.2, 0.25) is 5.91 Å². The number of hydrogen-bond donors (Lipinski definition) is 2. The summed E-state index contributed by atoms with van der Waals surface area (Å²) < 4.78 is 13.1. The van der Waals surface area contributed by atoms with Crippen LogP contribution in [0.3, 0.4) is 0 Å². The lowest BCUT2D eigenvalue weighted by molar-refractivity contribution is -0.121. The first-order valence-corrected chi connectivity index (χ1v) is 7.25. The van der Waals surface area contributed by atoms with Gasteiger partial charge in [0.1, 0.15) is 5.82 Å². The number of piperidine rings is 1. The Morgan fingerprint density at radius 1 is 1.40 bits per heavy atom. The maximum Gasteiger partial charge on any atom is 0.242 e. The van der Waals surface area contributed by atoms with Gasteiger partial charge in [-0.2, -0.15) is 0 Å². The van der Waals surface area contributed by atoms with Gasteiger partial charge in [0.05, 0.1) is 21.8 Å². The van der Waals surface area contributed by atoms with Crippen LogP contribution in [0.15, 0.2) is 12.1 Å². The number of amides is 1. The molecule has 1 aromatic carbocycles. The van der Waals surface area contributed by atoms with E-state index in [1.165, 1.54) is 0 Å². The average Bonchev–Trinajstić information content (AvgIpc) is 2.32. The summed E-state index contributed by atoms with van der Waals surface area (Å²) in [6, 6.07) is 1.93. The van der Waals surface area contributed by atoms with E-state index >= 15 is 0 Å². The summed E-state index contributed by atoms with van der Waals surface area (Å²) in [6.45, 7) is 4.88. The second kappa shape index (κ2) is 5.88. The third kappa shape index (κ3) is 3.25. The molecule has 2 N–H and O–H groups in total. The van der Waals surface area contributed by atoms with Crippen molar-refractivity contribution < 1.29 is 9.18 Å². The first kappa shape index (κ1) is 15.5. The summed E-state index contributed by atoms with van der Waals surface area (Å²) >= 11 is 11.9. The lowest BCUT2D eigenvalue weighted by atomic mass is 9.77. The van der Waals surface area contributed by atoms with Crippen molar-refractivity contribution in [2.45, 2.75) is 32.7 Å². The van der Waals surface area contributed by atoms with Crippen LogP contribution in [-0.4, -0.2) is 18.5 Å². The van der Waals surface area contributed by atoms with Gasteiger partial charge in [0.25, 0.3) is 0 Å². The quantitative estimate of drug-likeness (QED) is 0.869. The van der Waals surface area contributed by atoms with Crippen LogP contribution in [0.2, 0.25) is 10.0 Å². The predicted octanol–water partition coefficient (Wildman–Crippen LogP) is 3.85. The summed E-state index contributed by atoms with van der Waals surface area (Å²) in [5.41, 5.74) is 0.101. The molecular formula is C14H17Cl2FN2O. The maximum absolute atomic E-state index is 13.1. The molecule has 1 heterocycles. The number of anilines is 1. The summed E-state index contributed by atoms with van der Waals surface area (Å²) in [4.78, 5) is 12.4. The van der Waals surface area contributed by atoms with Crippen molar-refractivity contribution in [2.24, 2.45) is 5.41 Å². The minimum Gasteiger partial charge on any atom is -0.322 e. The largest absolute Gasteiger partial charge is 0.322 e. The number of benzene rings is 1. The topological polar surface area (TPSA) is 41.1 Å². The molecule has 0 spiro atoms. The Kier molecular flexibility index (Phi) is 4.57. The van der Waals surface area contributed by atoms with Crippen molar-refractivity contribution in [1.82, 2.24) is 5.32 Å². The smallest absolute Gasteiger partial charge is 0.242 e. The molecule has 2 rings (SSSR count). The molecular weight excluding hydrogens is 302 g/mol. The Bertz CT molecular complexity index is 511. The highest BCUT2D eigenvalue weighted by atomic mass is 35.5. The van der Waals surface area contributed by atoms with Gasteiger partial charge in [-0.3, -0.25) is 4.79 Å². The molecule has 1 atom stereocenters. The van der Waals surface area contributed by atoms with Crippen LogP contribution in [0.25, 0.3) is 0 Å². The molecule has 0 bridgehead atoms. The van der Waals surface area contributed by atoms with Gasteiger partial charge in [0.15, 0.2) is 0 Å². The molecule has 0 aromatic heterocycles. The SMILES string of the molecule is CC1(C)CCCNC1C(=O)Nc1c(Cl)cc(F)cc1Cl. The molecule has 1 aliphatic heterocycles. The van der Waals surface area contributed by atoms with Crippen molar-refractivity contribution in [2.75, 3.05) is 11.9 Å². The molecule has 6 heteroatoms. The van der Waals surface area contributed by atoms with Gasteiger partial charge in [-0.25, -0.2) is 4.39 Å². The number of nitrogens with one attached hydrogen (secondary N) is 2. The van der Waals surface area contributed by atoms with Gasteiger partial charge in [-0.1, -0.05) is 37.0 Å². The van der Waals surface area contributed by atoms with Crippen LogP contribution in [-0.2, 0) is 4.79 Å². The fourth-order valence-electron chi connectivity index (χ4n) is 2.52. The van der Waals surface area contributed by atoms with E-state index in [0.29, 0.717) is 0 Å². The molecule has 1 saturated heterocycles. The van der Waals surface area contributed by atoms with E-state index < -0.39 is 5.82 Å². The van der Waals surface area contributed by atoms with E-state index in [2.05, 4.69) is 10.6 Å². The minimum absolute atomic E-state index is 0.0944. The highest BCUT2D eigenvalue weighted by molar-refractivity contribution is 6.39. The van der Waals surface area contributed by atoms with Crippen molar-refractivity contribution >= 4 is 34.8 Å². The first-order chi connectivity index (χ1) is 9.31. The maximum atomic E-state index is 13.1. The molecule has 110 valence electrons. The van der Waals surface area contributed by atoms with Crippen molar-refractivity contribution in [3.05, 3.63) is 28.0 Å². The Hall–Kier alpha value is -0.840. The van der Waals surface area contributed by atoms with Crippen LogP contribution in [0.4, 0.5) is 10.1 Å². The van der Waals surface area contributed by atoms with Gasteiger partial charge < -0.3 is 10.6 Å². The van der Waals surface area contributed by atoms with E-state index in [1.54, 1.807) is 0 Å². The van der Waals surface area contributed by atoms with Crippen molar-refractivity contribution in [3.63, 3.8) is 0 Å². The molecule has 0 aliphatic carbocycles. The molecule has 1 amide bonds. The second-order valence-electron chi connectivity index (χ2n) is 5.71. The van der Waals surface area contributed by atoms with Crippen LogP contribution in [0.5, 0.6) is 0 Å².